The van der Waals surface area contributed by atoms with Crippen LogP contribution < -0.4 is 9.64 Å². The fraction of sp³-hybridized carbons (Fsp3) is 0.435. The van der Waals surface area contributed by atoms with Crippen molar-refractivity contribution in [3.63, 3.8) is 0 Å². The highest BCUT2D eigenvalue weighted by atomic mass is 35.5. The number of hydrogen-bond acceptors (Lipinski definition) is 7. The van der Waals surface area contributed by atoms with E-state index in [-0.39, 0.29) is 19.0 Å². The lowest BCUT2D eigenvalue weighted by Crippen LogP contribution is -2.49. The number of aliphatic hydroxyl groups is 2. The molecule has 1 aliphatic rings. The van der Waals surface area contributed by atoms with Crippen LogP contribution in [0.4, 0.5) is 5.82 Å². The Morgan fingerprint density at radius 1 is 1.13 bits per heavy atom. The molecule has 6 nitrogen and oxygen atoms in total. The van der Waals surface area contributed by atoms with Crippen LogP contribution in [-0.4, -0.2) is 64.7 Å². The fourth-order valence-electron chi connectivity index (χ4n) is 3.63. The predicted molar refractivity (Wildman–Crippen MR) is 130 cm³/mol. The predicted octanol–water partition coefficient (Wildman–Crippen LogP) is 4.00. The Labute approximate surface area is 193 Å². The average Bonchev–Trinajstić information content (AvgIpc) is 3.20. The van der Waals surface area contributed by atoms with Crippen LogP contribution in [0, 0.1) is 0 Å². The van der Waals surface area contributed by atoms with Crippen LogP contribution in [0.1, 0.15) is 20.8 Å². The van der Waals surface area contributed by atoms with Crippen molar-refractivity contribution in [1.29, 1.82) is 0 Å². The molecule has 8 heteroatoms. The van der Waals surface area contributed by atoms with E-state index in [9.17, 15) is 10.2 Å². The van der Waals surface area contributed by atoms with Gasteiger partial charge in [-0.25, -0.2) is 4.98 Å². The normalized spacial score (nSPS) is 16.2. The summed E-state index contributed by atoms with van der Waals surface area (Å²) in [6.45, 7) is 8.85. The second-order valence-electron chi connectivity index (χ2n) is 8.44. The van der Waals surface area contributed by atoms with Gasteiger partial charge in [0.15, 0.2) is 0 Å². The number of pyridine rings is 1. The number of nitrogens with zero attached hydrogens (tertiary/aromatic N) is 3. The molecular formula is C23H30ClN3O3S. The van der Waals surface area contributed by atoms with Gasteiger partial charge >= 0.3 is 0 Å². The van der Waals surface area contributed by atoms with Gasteiger partial charge in [0, 0.05) is 41.8 Å². The lowest BCUT2D eigenvalue weighted by Gasteiger charge is -2.37. The highest BCUT2D eigenvalue weighted by Gasteiger charge is 2.23. The summed E-state index contributed by atoms with van der Waals surface area (Å²) >= 11 is 1.72. The maximum Gasteiger partial charge on any atom is 0.138 e. The van der Waals surface area contributed by atoms with Crippen LogP contribution in [0.3, 0.4) is 0 Å². The number of ether oxygens (including phenoxy) is 1. The molecule has 0 radical (unpaired) electrons. The summed E-state index contributed by atoms with van der Waals surface area (Å²) < 4.78 is 6.88. The first-order valence-corrected chi connectivity index (χ1v) is 11.2. The smallest absolute Gasteiger partial charge is 0.138 e. The quantitative estimate of drug-likeness (QED) is 0.576. The molecule has 1 atom stereocenters. The molecule has 4 rings (SSSR count). The fourth-order valence-corrected chi connectivity index (χ4v) is 4.44. The minimum Gasteiger partial charge on any atom is -0.491 e. The summed E-state index contributed by atoms with van der Waals surface area (Å²) in [7, 11) is 0. The van der Waals surface area contributed by atoms with Gasteiger partial charge < -0.3 is 19.8 Å². The standard InChI is InChI=1S/C23H29N3O3S.ClH/c1-16(27)25-9-11-26(12-10-25)22-19-8-13-30-21(19)14-20(24-22)17-4-6-18(7-5-17)29-15-23(2,3)28;/h4-8,13-14,16,27-28H,9-12,15H2,1-3H3;1H. The summed E-state index contributed by atoms with van der Waals surface area (Å²) in [4.78, 5) is 9.42. The molecule has 1 fully saturated rings. The number of aromatic nitrogens is 1. The zero-order valence-electron chi connectivity index (χ0n) is 18.1. The number of benzene rings is 1. The van der Waals surface area contributed by atoms with Gasteiger partial charge in [-0.2, -0.15) is 0 Å². The van der Waals surface area contributed by atoms with E-state index in [1.54, 1.807) is 25.2 Å². The van der Waals surface area contributed by atoms with Crippen molar-refractivity contribution in [3.8, 4) is 17.0 Å². The van der Waals surface area contributed by atoms with Crippen LogP contribution in [0.15, 0.2) is 41.8 Å². The van der Waals surface area contributed by atoms with E-state index in [1.807, 2.05) is 31.2 Å². The first-order valence-electron chi connectivity index (χ1n) is 10.3. The van der Waals surface area contributed by atoms with Crippen molar-refractivity contribution in [2.24, 2.45) is 0 Å². The Balaban J connectivity index is 0.00000272. The van der Waals surface area contributed by atoms with Gasteiger partial charge in [0.25, 0.3) is 0 Å². The van der Waals surface area contributed by atoms with Crippen molar-refractivity contribution in [2.45, 2.75) is 32.6 Å². The lowest BCUT2D eigenvalue weighted by molar-refractivity contribution is 0.0152. The molecule has 168 valence electrons. The van der Waals surface area contributed by atoms with Crippen LogP contribution in [0.25, 0.3) is 21.3 Å². The molecule has 1 aromatic carbocycles. The number of rotatable bonds is 6. The largest absolute Gasteiger partial charge is 0.491 e. The van der Waals surface area contributed by atoms with E-state index >= 15 is 0 Å². The third kappa shape index (κ3) is 5.67. The molecule has 3 heterocycles. The zero-order chi connectivity index (χ0) is 21.3. The molecule has 2 N–H and O–H groups in total. The Kier molecular flexibility index (Phi) is 7.44. The van der Waals surface area contributed by atoms with Crippen molar-refractivity contribution in [3.05, 3.63) is 41.8 Å². The highest BCUT2D eigenvalue weighted by molar-refractivity contribution is 7.17. The van der Waals surface area contributed by atoms with Crippen LogP contribution in [0.2, 0.25) is 0 Å². The Hall–Kier alpha value is -1.90. The molecule has 3 aromatic rings. The van der Waals surface area contributed by atoms with E-state index in [1.165, 1.54) is 10.1 Å². The lowest BCUT2D eigenvalue weighted by atomic mass is 10.1. The molecule has 0 spiro atoms. The molecular weight excluding hydrogens is 434 g/mol. The van der Waals surface area contributed by atoms with E-state index in [2.05, 4.69) is 27.3 Å². The highest BCUT2D eigenvalue weighted by Crippen LogP contribution is 2.34. The SMILES string of the molecule is CC(O)N1CCN(c2nc(-c3ccc(OCC(C)(C)O)cc3)cc3sccc23)CC1.Cl. The van der Waals surface area contributed by atoms with Crippen LogP contribution in [-0.2, 0) is 0 Å². The van der Waals surface area contributed by atoms with Crippen molar-refractivity contribution in [1.82, 2.24) is 9.88 Å². The monoisotopic (exact) mass is 463 g/mol. The van der Waals surface area contributed by atoms with Gasteiger partial charge in [0.05, 0.1) is 11.3 Å². The molecule has 31 heavy (non-hydrogen) atoms. The summed E-state index contributed by atoms with van der Waals surface area (Å²) in [5.41, 5.74) is 1.11. The van der Waals surface area contributed by atoms with E-state index in [0.29, 0.717) is 0 Å². The molecule has 0 amide bonds. The maximum atomic E-state index is 9.84. The molecule has 1 aliphatic heterocycles. The Bertz CT molecular complexity index is 993. The summed E-state index contributed by atoms with van der Waals surface area (Å²) in [5.74, 6) is 1.74. The van der Waals surface area contributed by atoms with Gasteiger partial charge in [0.2, 0.25) is 0 Å². The molecule has 1 saturated heterocycles. The third-order valence-electron chi connectivity index (χ3n) is 5.31. The van der Waals surface area contributed by atoms with Crippen molar-refractivity contribution < 1.29 is 14.9 Å². The summed E-state index contributed by atoms with van der Waals surface area (Å²) in [6.07, 6.45) is -0.412. The Morgan fingerprint density at radius 2 is 1.81 bits per heavy atom. The van der Waals surface area contributed by atoms with Gasteiger partial charge in [-0.15, -0.1) is 23.7 Å². The van der Waals surface area contributed by atoms with Gasteiger partial charge in [0.1, 0.15) is 24.4 Å². The average molecular weight is 464 g/mol. The first kappa shape index (κ1) is 23.8. The Morgan fingerprint density at radius 3 is 2.42 bits per heavy atom. The number of fused-ring (bicyclic) bond motifs is 1. The van der Waals surface area contributed by atoms with E-state index in [4.69, 9.17) is 9.72 Å². The van der Waals surface area contributed by atoms with E-state index in [0.717, 1.165) is 49.0 Å². The molecule has 0 saturated carbocycles. The zero-order valence-corrected chi connectivity index (χ0v) is 19.7. The van der Waals surface area contributed by atoms with Gasteiger partial charge in [-0.1, -0.05) is 0 Å². The molecule has 0 aliphatic carbocycles. The number of anilines is 1. The number of thiophene rings is 1. The minimum atomic E-state index is -0.864. The molecule has 0 bridgehead atoms. The van der Waals surface area contributed by atoms with Crippen molar-refractivity contribution >= 4 is 39.6 Å². The summed E-state index contributed by atoms with van der Waals surface area (Å²) in [5, 5.41) is 23.0. The van der Waals surface area contributed by atoms with E-state index < -0.39 is 11.8 Å². The summed E-state index contributed by atoms with van der Waals surface area (Å²) in [6, 6.07) is 12.1. The third-order valence-corrected chi connectivity index (χ3v) is 6.18. The second kappa shape index (κ2) is 9.71. The number of halogens is 1. The maximum absolute atomic E-state index is 9.84. The number of piperazine rings is 1. The number of hydrogen-bond donors (Lipinski definition) is 2. The first-order chi connectivity index (χ1) is 14.3. The van der Waals surface area contributed by atoms with Gasteiger partial charge in [-0.3, -0.25) is 4.90 Å². The van der Waals surface area contributed by atoms with Crippen LogP contribution >= 0.6 is 23.7 Å². The molecule has 2 aromatic heterocycles. The number of aliphatic hydroxyl groups excluding tert-OH is 1. The second-order valence-corrected chi connectivity index (χ2v) is 9.39. The van der Waals surface area contributed by atoms with Crippen LogP contribution in [0.5, 0.6) is 5.75 Å². The topological polar surface area (TPSA) is 69.1 Å². The minimum absolute atomic E-state index is 0. The van der Waals surface area contributed by atoms with Crippen molar-refractivity contribution in [2.75, 3.05) is 37.7 Å². The van der Waals surface area contributed by atoms with Gasteiger partial charge in [-0.05, 0) is 62.5 Å². The molecule has 1 unspecified atom stereocenters.